The van der Waals surface area contributed by atoms with Gasteiger partial charge in [-0.05, 0) is 17.7 Å². The number of aryl methyl sites for hydroxylation is 1. The minimum Gasteiger partial charge on any atom is -0.465 e. The second-order valence-electron chi connectivity index (χ2n) is 7.17. The Morgan fingerprint density at radius 3 is 2.81 bits per heavy atom. The van der Waals surface area contributed by atoms with Crippen molar-refractivity contribution in [3.05, 3.63) is 54.2 Å². The average Bonchev–Trinajstić information content (AvgIpc) is 3.51. The van der Waals surface area contributed by atoms with Crippen LogP contribution in [0.1, 0.15) is 12.0 Å². The number of hydrogen-bond acceptors (Lipinski definition) is 7. The smallest absolute Gasteiger partial charge is 0.297 e. The molecule has 0 amide bonds. The Morgan fingerprint density at radius 1 is 1.13 bits per heavy atom. The number of nitrogens with two attached hydrogens (primary N) is 1. The second-order valence-corrected chi connectivity index (χ2v) is 8.22. The normalized spacial score (nSPS) is 11.5. The predicted molar refractivity (Wildman–Crippen MR) is 122 cm³/mol. The summed E-state index contributed by atoms with van der Waals surface area (Å²) < 4.78 is 14.6. The first-order valence-electron chi connectivity index (χ1n) is 10.0. The Morgan fingerprint density at radius 2 is 2.00 bits per heavy atom. The summed E-state index contributed by atoms with van der Waals surface area (Å²) in [6.45, 7) is 1.72. The van der Waals surface area contributed by atoms with Crippen LogP contribution in [0.4, 0.5) is 5.82 Å². The molecule has 0 fully saturated rings. The molecule has 0 aliphatic rings. The van der Waals surface area contributed by atoms with Crippen LogP contribution in [0.3, 0.4) is 0 Å². The molecule has 0 unspecified atom stereocenters. The Hall–Kier alpha value is -3.43. The third-order valence-electron chi connectivity index (χ3n) is 4.99. The number of nitrogens with one attached hydrogen (secondary N) is 1. The van der Waals surface area contributed by atoms with Gasteiger partial charge >= 0.3 is 0 Å². The first-order valence-corrected chi connectivity index (χ1v) is 10.8. The van der Waals surface area contributed by atoms with E-state index in [9.17, 15) is 0 Å². The van der Waals surface area contributed by atoms with E-state index in [0.29, 0.717) is 37.2 Å². The van der Waals surface area contributed by atoms with Gasteiger partial charge in [0.15, 0.2) is 5.82 Å². The average molecular weight is 435 g/mol. The molecule has 0 spiro atoms. The Balaban J connectivity index is 1.30. The van der Waals surface area contributed by atoms with Crippen LogP contribution < -0.4 is 10.5 Å². The minimum atomic E-state index is 0.394. The van der Waals surface area contributed by atoms with Gasteiger partial charge in [0.05, 0.1) is 40.4 Å². The van der Waals surface area contributed by atoms with Crippen molar-refractivity contribution in [3.63, 3.8) is 0 Å². The molecule has 158 valence electrons. The Kier molecular flexibility index (Phi) is 5.27. The van der Waals surface area contributed by atoms with E-state index in [0.717, 1.165) is 38.3 Å². The molecule has 1 aromatic carbocycles. The molecular formula is C22H22N6O2S. The Bertz CT molecular complexity index is 1310. The summed E-state index contributed by atoms with van der Waals surface area (Å²) in [7, 11) is 1.93. The number of ether oxygens (including phenoxy) is 2. The van der Waals surface area contributed by atoms with E-state index in [1.54, 1.807) is 17.5 Å². The minimum absolute atomic E-state index is 0.394. The van der Waals surface area contributed by atoms with Crippen LogP contribution in [0.25, 0.3) is 31.8 Å². The summed E-state index contributed by atoms with van der Waals surface area (Å²) in [5, 5.41) is 7.11. The van der Waals surface area contributed by atoms with Crippen LogP contribution >= 0.6 is 11.3 Å². The number of fused-ring (bicyclic) bond motifs is 3. The molecule has 0 saturated heterocycles. The van der Waals surface area contributed by atoms with Gasteiger partial charge in [-0.25, -0.2) is 4.98 Å². The van der Waals surface area contributed by atoms with E-state index in [2.05, 4.69) is 32.3 Å². The van der Waals surface area contributed by atoms with Crippen molar-refractivity contribution < 1.29 is 9.47 Å². The maximum absolute atomic E-state index is 6.20. The van der Waals surface area contributed by atoms with Crippen molar-refractivity contribution >= 4 is 38.4 Å². The lowest BCUT2D eigenvalue weighted by molar-refractivity contribution is 0.105. The molecule has 0 bridgehead atoms. The summed E-state index contributed by atoms with van der Waals surface area (Å²) in [6, 6.07) is 14.6. The van der Waals surface area contributed by atoms with E-state index < -0.39 is 0 Å². The fraction of sp³-hybridized carbons (Fsp3) is 0.227. The molecule has 5 aromatic rings. The number of hydrogen-bond donors (Lipinski definition) is 2. The molecular weight excluding hydrogens is 412 g/mol. The standard InChI is InChI=1S/C22H22N6O2S/c1-28-19-18(21(23)25-16-12-17(31-20(16)19)15-8-9-24-27-15)26-22(28)30-11-5-10-29-13-14-6-3-2-4-7-14/h2-4,6-9,12H,5,10-11,13H2,1H3,(H2,23,25)(H,24,27). The van der Waals surface area contributed by atoms with E-state index in [1.165, 1.54) is 0 Å². The maximum Gasteiger partial charge on any atom is 0.297 e. The number of thiophene rings is 1. The molecule has 3 N–H and O–H groups in total. The quantitative estimate of drug-likeness (QED) is 0.356. The van der Waals surface area contributed by atoms with Gasteiger partial charge in [0, 0.05) is 19.7 Å². The number of pyridine rings is 1. The van der Waals surface area contributed by atoms with Gasteiger partial charge in [-0.2, -0.15) is 10.1 Å². The van der Waals surface area contributed by atoms with E-state index in [-0.39, 0.29) is 0 Å². The molecule has 4 aromatic heterocycles. The lowest BCUT2D eigenvalue weighted by atomic mass is 10.2. The van der Waals surface area contributed by atoms with Crippen molar-refractivity contribution in [1.82, 2.24) is 24.7 Å². The topological polar surface area (TPSA) is 104 Å². The van der Waals surface area contributed by atoms with Crippen molar-refractivity contribution in [2.24, 2.45) is 7.05 Å². The van der Waals surface area contributed by atoms with Crippen LogP contribution in [-0.2, 0) is 18.4 Å². The Labute approximate surface area is 182 Å². The van der Waals surface area contributed by atoms with Gasteiger partial charge < -0.3 is 15.2 Å². The molecule has 0 aliphatic carbocycles. The number of rotatable bonds is 8. The number of benzene rings is 1. The lowest BCUT2D eigenvalue weighted by Crippen LogP contribution is -2.06. The molecule has 0 radical (unpaired) electrons. The third-order valence-corrected chi connectivity index (χ3v) is 6.15. The van der Waals surface area contributed by atoms with Gasteiger partial charge in [-0.1, -0.05) is 30.3 Å². The summed E-state index contributed by atoms with van der Waals surface area (Å²) in [4.78, 5) is 10.2. The number of aromatic nitrogens is 5. The first-order chi connectivity index (χ1) is 15.2. The van der Waals surface area contributed by atoms with Gasteiger partial charge in [0.1, 0.15) is 11.2 Å². The number of imidazole rings is 1. The fourth-order valence-corrected chi connectivity index (χ4v) is 4.62. The van der Waals surface area contributed by atoms with Crippen molar-refractivity contribution in [2.75, 3.05) is 18.9 Å². The monoisotopic (exact) mass is 434 g/mol. The zero-order valence-corrected chi connectivity index (χ0v) is 17.9. The number of nitrogen functional groups attached to an aromatic ring is 1. The zero-order chi connectivity index (χ0) is 21.2. The van der Waals surface area contributed by atoms with Gasteiger partial charge in [0.2, 0.25) is 0 Å². The summed E-state index contributed by atoms with van der Waals surface area (Å²) in [5.74, 6) is 0.394. The highest BCUT2D eigenvalue weighted by atomic mass is 32.1. The SMILES string of the molecule is Cn1c(OCCCOCc2ccccc2)nc2c(N)nc3cc(-c4cc[nH]n4)sc3c21. The summed E-state index contributed by atoms with van der Waals surface area (Å²) in [5.41, 5.74) is 10.6. The van der Waals surface area contributed by atoms with Crippen LogP contribution in [0.15, 0.2) is 48.7 Å². The lowest BCUT2D eigenvalue weighted by Gasteiger charge is -2.07. The van der Waals surface area contributed by atoms with Crippen LogP contribution in [0, 0.1) is 0 Å². The molecule has 0 atom stereocenters. The van der Waals surface area contributed by atoms with E-state index in [1.807, 2.05) is 41.9 Å². The largest absolute Gasteiger partial charge is 0.465 e. The highest BCUT2D eigenvalue weighted by molar-refractivity contribution is 7.23. The highest BCUT2D eigenvalue weighted by Crippen LogP contribution is 2.38. The summed E-state index contributed by atoms with van der Waals surface area (Å²) >= 11 is 1.62. The van der Waals surface area contributed by atoms with Crippen molar-refractivity contribution in [1.29, 1.82) is 0 Å². The predicted octanol–water partition coefficient (Wildman–Crippen LogP) is 4.14. The van der Waals surface area contributed by atoms with E-state index in [4.69, 9.17) is 15.2 Å². The summed E-state index contributed by atoms with van der Waals surface area (Å²) in [6.07, 6.45) is 2.57. The van der Waals surface area contributed by atoms with Crippen LogP contribution in [-0.4, -0.2) is 37.9 Å². The van der Waals surface area contributed by atoms with E-state index >= 15 is 0 Å². The second kappa shape index (κ2) is 8.37. The molecule has 9 heteroatoms. The van der Waals surface area contributed by atoms with Gasteiger partial charge in [-0.15, -0.1) is 11.3 Å². The maximum atomic E-state index is 6.20. The molecule has 31 heavy (non-hydrogen) atoms. The van der Waals surface area contributed by atoms with Crippen LogP contribution in [0.2, 0.25) is 0 Å². The number of anilines is 1. The molecule has 4 heterocycles. The van der Waals surface area contributed by atoms with Crippen LogP contribution in [0.5, 0.6) is 6.01 Å². The van der Waals surface area contributed by atoms with Gasteiger partial charge in [0.25, 0.3) is 6.01 Å². The van der Waals surface area contributed by atoms with Gasteiger partial charge in [-0.3, -0.25) is 9.67 Å². The fourth-order valence-electron chi connectivity index (χ4n) is 3.47. The molecule has 0 saturated carbocycles. The molecule has 8 nitrogen and oxygen atoms in total. The van der Waals surface area contributed by atoms with Crippen molar-refractivity contribution in [2.45, 2.75) is 13.0 Å². The zero-order valence-electron chi connectivity index (χ0n) is 17.0. The number of H-pyrrole nitrogens is 1. The third kappa shape index (κ3) is 3.85. The van der Waals surface area contributed by atoms with Crippen molar-refractivity contribution in [3.8, 4) is 16.6 Å². The molecule has 5 rings (SSSR count). The highest BCUT2D eigenvalue weighted by Gasteiger charge is 2.19. The first kappa shape index (κ1) is 19.5. The number of aromatic amines is 1. The molecule has 0 aliphatic heterocycles. The number of nitrogens with zero attached hydrogens (tertiary/aromatic N) is 4.